The summed E-state index contributed by atoms with van der Waals surface area (Å²) >= 11 is 0. The van der Waals surface area contributed by atoms with Crippen LogP contribution in [0, 0.1) is 0 Å². The molecular formula is C9H13N3O4. The zero-order valence-electron chi connectivity index (χ0n) is 8.54. The molecule has 1 amide bonds. The fourth-order valence-electron chi connectivity index (χ4n) is 1.76. The number of primary amides is 1. The fourth-order valence-corrected chi connectivity index (χ4v) is 1.76. The molecule has 1 aliphatic heterocycles. The van der Waals surface area contributed by atoms with Gasteiger partial charge < -0.3 is 20.7 Å². The Hall–Kier alpha value is -1.60. The number of aliphatic hydroxyl groups excluding tert-OH is 1. The molecule has 0 bridgehead atoms. The van der Waals surface area contributed by atoms with Crippen LogP contribution in [0.15, 0.2) is 6.33 Å². The molecule has 7 heteroatoms. The second-order valence-electron chi connectivity index (χ2n) is 3.66. The summed E-state index contributed by atoms with van der Waals surface area (Å²) in [5, 5.41) is 18.6. The number of carbonyl (C=O) groups excluding carboxylic acids is 1. The molecule has 1 aromatic rings. The lowest BCUT2D eigenvalue weighted by Gasteiger charge is -2.13. The highest BCUT2D eigenvalue weighted by Crippen LogP contribution is 2.31. The Balaban J connectivity index is 2.19. The maximum Gasteiger partial charge on any atom is 0.272 e. The number of aliphatic hydroxyl groups is 1. The van der Waals surface area contributed by atoms with Crippen LogP contribution in [0.3, 0.4) is 0 Å². The van der Waals surface area contributed by atoms with Gasteiger partial charge in [-0.05, 0) is 12.8 Å². The lowest BCUT2D eigenvalue weighted by molar-refractivity contribution is -0.0251. The van der Waals surface area contributed by atoms with Crippen molar-refractivity contribution in [2.45, 2.75) is 25.2 Å². The lowest BCUT2D eigenvalue weighted by Crippen LogP contribution is -2.14. The number of aromatic hydroxyl groups is 1. The molecule has 0 radical (unpaired) electrons. The number of amides is 1. The summed E-state index contributed by atoms with van der Waals surface area (Å²) in [5.74, 6) is -1.08. The molecule has 2 unspecified atom stereocenters. The van der Waals surface area contributed by atoms with Gasteiger partial charge in [0.05, 0.1) is 12.7 Å². The second kappa shape index (κ2) is 4.11. The topological polar surface area (TPSA) is 111 Å². The summed E-state index contributed by atoms with van der Waals surface area (Å²) in [6.45, 7) is -0.0609. The summed E-state index contributed by atoms with van der Waals surface area (Å²) < 4.78 is 6.77. The molecule has 0 aliphatic carbocycles. The molecule has 0 saturated carbocycles. The van der Waals surface area contributed by atoms with E-state index in [0.29, 0.717) is 12.8 Å². The minimum absolute atomic E-state index is 0.0609. The molecule has 0 spiro atoms. The van der Waals surface area contributed by atoms with Crippen molar-refractivity contribution in [1.82, 2.24) is 9.55 Å². The first-order chi connectivity index (χ1) is 7.63. The van der Waals surface area contributed by atoms with Gasteiger partial charge in [-0.2, -0.15) is 0 Å². The Morgan fingerprint density at radius 3 is 2.94 bits per heavy atom. The van der Waals surface area contributed by atoms with Gasteiger partial charge in [0, 0.05) is 0 Å². The van der Waals surface area contributed by atoms with E-state index in [9.17, 15) is 9.90 Å². The van der Waals surface area contributed by atoms with Crippen LogP contribution in [0.1, 0.15) is 29.6 Å². The number of ether oxygens (including phenoxy) is 1. The molecule has 0 aromatic carbocycles. The van der Waals surface area contributed by atoms with Crippen molar-refractivity contribution in [3.8, 4) is 5.88 Å². The zero-order chi connectivity index (χ0) is 11.7. The van der Waals surface area contributed by atoms with Crippen molar-refractivity contribution in [2.24, 2.45) is 5.73 Å². The van der Waals surface area contributed by atoms with Gasteiger partial charge >= 0.3 is 0 Å². The Morgan fingerprint density at radius 2 is 2.44 bits per heavy atom. The molecule has 7 nitrogen and oxygen atoms in total. The average Bonchev–Trinajstić information content (AvgIpc) is 2.83. The molecule has 88 valence electrons. The van der Waals surface area contributed by atoms with Crippen molar-refractivity contribution < 1.29 is 19.7 Å². The first-order valence-electron chi connectivity index (χ1n) is 4.95. The van der Waals surface area contributed by atoms with E-state index in [2.05, 4.69) is 4.98 Å². The highest BCUT2D eigenvalue weighted by atomic mass is 16.5. The summed E-state index contributed by atoms with van der Waals surface area (Å²) in [7, 11) is 0. The first kappa shape index (κ1) is 10.9. The lowest BCUT2D eigenvalue weighted by atomic mass is 10.2. The normalized spacial score (nSPS) is 24.8. The highest BCUT2D eigenvalue weighted by Gasteiger charge is 2.29. The number of hydrogen-bond donors (Lipinski definition) is 3. The van der Waals surface area contributed by atoms with Gasteiger partial charge in [0.2, 0.25) is 5.88 Å². The van der Waals surface area contributed by atoms with E-state index >= 15 is 0 Å². The molecular weight excluding hydrogens is 214 g/mol. The van der Waals surface area contributed by atoms with Gasteiger partial charge in [0.25, 0.3) is 5.91 Å². The molecule has 1 fully saturated rings. The number of nitrogens with two attached hydrogens (primary N) is 1. The van der Waals surface area contributed by atoms with Crippen molar-refractivity contribution in [3.63, 3.8) is 0 Å². The van der Waals surface area contributed by atoms with Crippen LogP contribution >= 0.6 is 0 Å². The van der Waals surface area contributed by atoms with E-state index in [1.165, 1.54) is 10.9 Å². The monoisotopic (exact) mass is 227 g/mol. The molecule has 16 heavy (non-hydrogen) atoms. The zero-order valence-corrected chi connectivity index (χ0v) is 8.54. The van der Waals surface area contributed by atoms with Gasteiger partial charge in [-0.25, -0.2) is 4.98 Å². The van der Waals surface area contributed by atoms with E-state index < -0.39 is 12.1 Å². The average molecular weight is 227 g/mol. The van der Waals surface area contributed by atoms with Crippen LogP contribution in [0.25, 0.3) is 0 Å². The third kappa shape index (κ3) is 1.74. The Kier molecular flexibility index (Phi) is 2.80. The predicted octanol–water partition coefficient (Wildman–Crippen LogP) is -0.643. The predicted molar refractivity (Wildman–Crippen MR) is 52.6 cm³/mol. The largest absolute Gasteiger partial charge is 0.493 e. The second-order valence-corrected chi connectivity index (χ2v) is 3.66. The van der Waals surface area contributed by atoms with Crippen LogP contribution in [0.2, 0.25) is 0 Å². The number of imidazole rings is 1. The van der Waals surface area contributed by atoms with Crippen molar-refractivity contribution in [3.05, 3.63) is 12.0 Å². The molecule has 2 atom stereocenters. The number of aromatic nitrogens is 2. The van der Waals surface area contributed by atoms with E-state index in [1.807, 2.05) is 0 Å². The van der Waals surface area contributed by atoms with Gasteiger partial charge in [0.15, 0.2) is 5.69 Å². The molecule has 1 aromatic heterocycles. The number of hydrogen-bond acceptors (Lipinski definition) is 5. The summed E-state index contributed by atoms with van der Waals surface area (Å²) in [4.78, 5) is 14.6. The van der Waals surface area contributed by atoms with E-state index in [-0.39, 0.29) is 24.3 Å². The third-order valence-electron chi connectivity index (χ3n) is 2.60. The number of nitrogens with zero attached hydrogens (tertiary/aromatic N) is 2. The fraction of sp³-hybridized carbons (Fsp3) is 0.556. The van der Waals surface area contributed by atoms with Crippen molar-refractivity contribution in [2.75, 3.05) is 6.61 Å². The van der Waals surface area contributed by atoms with Crippen LogP contribution in [0.4, 0.5) is 0 Å². The van der Waals surface area contributed by atoms with Gasteiger partial charge in [-0.15, -0.1) is 0 Å². The highest BCUT2D eigenvalue weighted by molar-refractivity contribution is 5.92. The molecule has 2 heterocycles. The molecule has 1 aliphatic rings. The van der Waals surface area contributed by atoms with E-state index in [1.54, 1.807) is 0 Å². The molecule has 2 rings (SSSR count). The molecule has 4 N–H and O–H groups in total. The summed E-state index contributed by atoms with van der Waals surface area (Å²) in [6.07, 6.45) is 2.01. The summed E-state index contributed by atoms with van der Waals surface area (Å²) in [5.41, 5.74) is 4.85. The van der Waals surface area contributed by atoms with Gasteiger partial charge in [0.1, 0.15) is 12.6 Å². The number of carbonyl (C=O) groups is 1. The maximum atomic E-state index is 10.9. The minimum Gasteiger partial charge on any atom is -0.493 e. The third-order valence-corrected chi connectivity index (χ3v) is 2.60. The van der Waals surface area contributed by atoms with Crippen molar-refractivity contribution in [1.29, 1.82) is 0 Å². The quantitative estimate of drug-likeness (QED) is 0.636. The smallest absolute Gasteiger partial charge is 0.272 e. The van der Waals surface area contributed by atoms with Crippen LogP contribution in [-0.2, 0) is 4.74 Å². The van der Waals surface area contributed by atoms with Gasteiger partial charge in [-0.1, -0.05) is 0 Å². The van der Waals surface area contributed by atoms with Crippen molar-refractivity contribution >= 4 is 5.91 Å². The maximum absolute atomic E-state index is 10.9. The number of rotatable bonds is 3. The van der Waals surface area contributed by atoms with Crippen LogP contribution in [-0.4, -0.2) is 38.4 Å². The van der Waals surface area contributed by atoms with Crippen LogP contribution in [0.5, 0.6) is 5.88 Å². The SMILES string of the molecule is NC(=O)c1ncn(C2CCC(CO)O2)c1O. The Morgan fingerprint density at radius 1 is 1.69 bits per heavy atom. The first-order valence-corrected chi connectivity index (χ1v) is 4.95. The standard InChI is InChI=1S/C9H13N3O4/c10-8(14)7-9(15)12(4-11-7)6-2-1-5(3-13)16-6/h4-6,13,15H,1-3H2,(H2,10,14). The Bertz CT molecular complexity index is 403. The van der Waals surface area contributed by atoms with E-state index in [4.69, 9.17) is 15.6 Å². The molecule has 1 saturated heterocycles. The Labute approximate surface area is 91.5 Å². The summed E-state index contributed by atoms with van der Waals surface area (Å²) in [6, 6.07) is 0. The van der Waals surface area contributed by atoms with Gasteiger partial charge in [-0.3, -0.25) is 9.36 Å². The minimum atomic E-state index is -0.784. The van der Waals surface area contributed by atoms with Crippen LogP contribution < -0.4 is 5.73 Å². The van der Waals surface area contributed by atoms with E-state index in [0.717, 1.165) is 0 Å².